The summed E-state index contributed by atoms with van der Waals surface area (Å²) in [5.41, 5.74) is 2.09. The molecule has 1 aromatic heterocycles. The zero-order valence-electron chi connectivity index (χ0n) is 15.3. The molecule has 1 aromatic carbocycles. The van der Waals surface area contributed by atoms with E-state index < -0.39 is 5.79 Å². The van der Waals surface area contributed by atoms with E-state index in [9.17, 15) is 4.79 Å². The molecule has 3 aliphatic heterocycles. The number of nitrogens with one attached hydrogen (secondary N) is 1. The maximum atomic E-state index is 12.7. The van der Waals surface area contributed by atoms with Crippen LogP contribution >= 0.6 is 0 Å². The topological polar surface area (TPSA) is 82.2 Å². The number of anilines is 2. The van der Waals surface area contributed by atoms with E-state index in [4.69, 9.17) is 18.9 Å². The Labute approximate surface area is 162 Å². The number of fused-ring (bicyclic) bond motifs is 1. The van der Waals surface area contributed by atoms with Gasteiger partial charge >= 0.3 is 0 Å². The highest BCUT2D eigenvalue weighted by Gasteiger charge is 2.41. The molecular weight excluding hydrogens is 362 g/mol. The highest BCUT2D eigenvalue weighted by atomic mass is 16.7. The minimum atomic E-state index is -0.484. The van der Waals surface area contributed by atoms with Gasteiger partial charge in [0.1, 0.15) is 5.69 Å². The molecule has 146 valence electrons. The van der Waals surface area contributed by atoms with Gasteiger partial charge in [0, 0.05) is 37.7 Å². The van der Waals surface area contributed by atoms with Gasteiger partial charge in [-0.25, -0.2) is 4.98 Å². The fourth-order valence-electron chi connectivity index (χ4n) is 3.73. The van der Waals surface area contributed by atoms with Crippen LogP contribution in [0.4, 0.5) is 11.4 Å². The molecule has 1 spiro atoms. The van der Waals surface area contributed by atoms with Crippen LogP contribution in [-0.2, 0) is 9.47 Å². The lowest BCUT2D eigenvalue weighted by Gasteiger charge is -2.37. The average molecular weight is 383 g/mol. The molecule has 3 aliphatic rings. The molecule has 0 aliphatic carbocycles. The van der Waals surface area contributed by atoms with Crippen molar-refractivity contribution >= 4 is 17.3 Å². The first-order valence-electron chi connectivity index (χ1n) is 9.41. The molecule has 0 unspecified atom stereocenters. The predicted molar refractivity (Wildman–Crippen MR) is 99.9 cm³/mol. The van der Waals surface area contributed by atoms with Crippen molar-refractivity contribution in [1.29, 1.82) is 0 Å². The summed E-state index contributed by atoms with van der Waals surface area (Å²) < 4.78 is 22.1. The van der Waals surface area contributed by atoms with E-state index in [1.807, 2.05) is 29.2 Å². The Morgan fingerprint density at radius 2 is 1.75 bits per heavy atom. The standard InChI is InChI=1S/C20H21N3O5/c24-19(23-7-5-20(6-8-23)27-9-10-28-20)16-3-1-15(12-21-16)22-14-2-4-17-18(11-14)26-13-25-17/h1-4,11-12,22H,5-10,13H2. The second kappa shape index (κ2) is 6.96. The third-order valence-corrected chi connectivity index (χ3v) is 5.27. The van der Waals surface area contributed by atoms with Crippen molar-refractivity contribution in [2.24, 2.45) is 0 Å². The molecule has 0 radical (unpaired) electrons. The van der Waals surface area contributed by atoms with Gasteiger partial charge in [0.15, 0.2) is 17.3 Å². The monoisotopic (exact) mass is 383 g/mol. The van der Waals surface area contributed by atoms with Crippen LogP contribution in [0.3, 0.4) is 0 Å². The van der Waals surface area contributed by atoms with Crippen LogP contribution in [0.25, 0.3) is 0 Å². The zero-order chi connectivity index (χ0) is 19.0. The smallest absolute Gasteiger partial charge is 0.272 e. The maximum Gasteiger partial charge on any atom is 0.272 e. The summed E-state index contributed by atoms with van der Waals surface area (Å²) in [4.78, 5) is 18.9. The third kappa shape index (κ3) is 3.25. The number of carbonyl (C=O) groups excluding carboxylic acids is 1. The number of piperidine rings is 1. The van der Waals surface area contributed by atoms with Crippen LogP contribution in [0.5, 0.6) is 11.5 Å². The van der Waals surface area contributed by atoms with Gasteiger partial charge in [0.25, 0.3) is 5.91 Å². The summed E-state index contributed by atoms with van der Waals surface area (Å²) in [7, 11) is 0. The Kier molecular flexibility index (Phi) is 4.29. The largest absolute Gasteiger partial charge is 0.454 e. The minimum absolute atomic E-state index is 0.0672. The van der Waals surface area contributed by atoms with Crippen molar-refractivity contribution in [3.8, 4) is 11.5 Å². The van der Waals surface area contributed by atoms with Crippen molar-refractivity contribution in [3.63, 3.8) is 0 Å². The van der Waals surface area contributed by atoms with Gasteiger partial charge in [0.05, 0.1) is 25.1 Å². The fourth-order valence-corrected chi connectivity index (χ4v) is 3.73. The SMILES string of the molecule is O=C(c1ccc(Nc2ccc3c(c2)OCO3)cn1)N1CCC2(CC1)OCCO2. The minimum Gasteiger partial charge on any atom is -0.454 e. The molecule has 2 aromatic rings. The summed E-state index contributed by atoms with van der Waals surface area (Å²) in [6.07, 6.45) is 3.05. The van der Waals surface area contributed by atoms with E-state index >= 15 is 0 Å². The Bertz CT molecular complexity index is 870. The molecule has 2 saturated heterocycles. The first kappa shape index (κ1) is 17.3. The maximum absolute atomic E-state index is 12.7. The number of ether oxygens (including phenoxy) is 4. The van der Waals surface area contributed by atoms with Gasteiger partial charge in [-0.3, -0.25) is 4.79 Å². The van der Waals surface area contributed by atoms with Crippen molar-refractivity contribution < 1.29 is 23.7 Å². The second-order valence-corrected chi connectivity index (χ2v) is 7.02. The molecule has 2 fully saturated rings. The number of carbonyl (C=O) groups is 1. The summed E-state index contributed by atoms with van der Waals surface area (Å²) in [6, 6.07) is 9.22. The Morgan fingerprint density at radius 1 is 1.00 bits per heavy atom. The van der Waals surface area contributed by atoms with Crippen molar-refractivity contribution in [1.82, 2.24) is 9.88 Å². The van der Waals surface area contributed by atoms with Gasteiger partial charge in [-0.2, -0.15) is 0 Å². The van der Waals surface area contributed by atoms with Crippen molar-refractivity contribution in [3.05, 3.63) is 42.2 Å². The van der Waals surface area contributed by atoms with Gasteiger partial charge < -0.3 is 29.2 Å². The van der Waals surface area contributed by atoms with Crippen LogP contribution in [0.2, 0.25) is 0 Å². The van der Waals surface area contributed by atoms with E-state index in [1.54, 1.807) is 12.3 Å². The van der Waals surface area contributed by atoms with E-state index in [1.165, 1.54) is 0 Å². The Morgan fingerprint density at radius 3 is 2.50 bits per heavy atom. The van der Waals surface area contributed by atoms with Crippen LogP contribution in [0, 0.1) is 0 Å². The quantitative estimate of drug-likeness (QED) is 0.872. The summed E-state index contributed by atoms with van der Waals surface area (Å²) in [5.74, 6) is 0.898. The molecule has 1 N–H and O–H groups in total. The predicted octanol–water partition coefficient (Wildman–Crippen LogP) is 2.53. The lowest BCUT2D eigenvalue weighted by molar-refractivity contribution is -0.181. The van der Waals surface area contributed by atoms with Crippen LogP contribution in [-0.4, -0.2) is 54.7 Å². The number of hydrogen-bond donors (Lipinski definition) is 1. The van der Waals surface area contributed by atoms with Gasteiger partial charge in [-0.1, -0.05) is 0 Å². The van der Waals surface area contributed by atoms with Gasteiger partial charge in [0.2, 0.25) is 6.79 Å². The van der Waals surface area contributed by atoms with Gasteiger partial charge in [-0.05, 0) is 24.3 Å². The van der Waals surface area contributed by atoms with Crippen molar-refractivity contribution in [2.75, 3.05) is 38.4 Å². The Hall–Kier alpha value is -2.84. The number of benzene rings is 1. The zero-order valence-corrected chi connectivity index (χ0v) is 15.3. The Balaban J connectivity index is 1.22. The molecule has 28 heavy (non-hydrogen) atoms. The van der Waals surface area contributed by atoms with Crippen LogP contribution < -0.4 is 14.8 Å². The summed E-state index contributed by atoms with van der Waals surface area (Å²) in [5, 5.41) is 3.26. The summed E-state index contributed by atoms with van der Waals surface area (Å²) >= 11 is 0. The molecule has 8 heteroatoms. The molecule has 1 amide bonds. The molecule has 0 bridgehead atoms. The third-order valence-electron chi connectivity index (χ3n) is 5.27. The number of aromatic nitrogens is 1. The van der Waals surface area contributed by atoms with Gasteiger partial charge in [-0.15, -0.1) is 0 Å². The van der Waals surface area contributed by atoms with E-state index in [0.29, 0.717) is 50.6 Å². The number of rotatable bonds is 3. The fraction of sp³-hybridized carbons (Fsp3) is 0.400. The highest BCUT2D eigenvalue weighted by Crippen LogP contribution is 2.35. The first-order valence-corrected chi connectivity index (χ1v) is 9.41. The first-order chi connectivity index (χ1) is 13.7. The van der Waals surface area contributed by atoms with E-state index in [-0.39, 0.29) is 12.7 Å². The van der Waals surface area contributed by atoms with Crippen molar-refractivity contribution in [2.45, 2.75) is 18.6 Å². The van der Waals surface area contributed by atoms with Crippen LogP contribution in [0.1, 0.15) is 23.3 Å². The molecule has 0 atom stereocenters. The highest BCUT2D eigenvalue weighted by molar-refractivity contribution is 5.92. The molecule has 5 rings (SSSR count). The molecule has 8 nitrogen and oxygen atoms in total. The number of pyridine rings is 1. The summed E-state index contributed by atoms with van der Waals surface area (Å²) in [6.45, 7) is 2.73. The second-order valence-electron chi connectivity index (χ2n) is 7.02. The lowest BCUT2D eigenvalue weighted by Crippen LogP contribution is -2.47. The molecule has 0 saturated carbocycles. The number of nitrogens with zero attached hydrogens (tertiary/aromatic N) is 2. The lowest BCUT2D eigenvalue weighted by atomic mass is 10.0. The number of amides is 1. The average Bonchev–Trinajstić information content (AvgIpc) is 3.38. The molecule has 4 heterocycles. The van der Waals surface area contributed by atoms with E-state index in [2.05, 4.69) is 10.3 Å². The molecular formula is C20H21N3O5. The normalized spacial score (nSPS) is 19.8. The number of hydrogen-bond acceptors (Lipinski definition) is 7. The van der Waals surface area contributed by atoms with Crippen LogP contribution in [0.15, 0.2) is 36.5 Å². The number of likely N-dealkylation sites (tertiary alicyclic amines) is 1. The van der Waals surface area contributed by atoms with E-state index in [0.717, 1.165) is 17.1 Å².